The first kappa shape index (κ1) is 35.2. The first-order valence-corrected chi connectivity index (χ1v) is 20.9. The molecule has 0 radical (unpaired) electrons. The van der Waals surface area contributed by atoms with Crippen molar-refractivity contribution in [3.8, 4) is 62.1 Å². The van der Waals surface area contributed by atoms with Crippen LogP contribution >= 0.6 is 0 Å². The highest BCUT2D eigenvalue weighted by atomic mass is 16.6. The summed E-state index contributed by atoms with van der Waals surface area (Å²) in [5, 5.41) is 2.25. The maximum atomic E-state index is 6.42. The van der Waals surface area contributed by atoms with Gasteiger partial charge in [0.05, 0.1) is 11.0 Å². The van der Waals surface area contributed by atoms with Gasteiger partial charge >= 0.3 is 0 Å². The molecule has 0 N–H and O–H groups in total. The fraction of sp³-hybridized carbons (Fsp3) is 0.0526. The summed E-state index contributed by atoms with van der Waals surface area (Å²) >= 11 is 0. The summed E-state index contributed by atoms with van der Waals surface area (Å²) in [7, 11) is 0. The summed E-state index contributed by atoms with van der Waals surface area (Å²) in [6, 6.07) is 73.8. The van der Waals surface area contributed by atoms with Crippen LogP contribution in [0.5, 0.6) is 23.0 Å². The first-order chi connectivity index (χ1) is 30.0. The molecule has 61 heavy (non-hydrogen) atoms. The van der Waals surface area contributed by atoms with Crippen LogP contribution in [0.2, 0.25) is 0 Å². The molecule has 2 heterocycles. The molecule has 4 heteroatoms. The first-order valence-electron chi connectivity index (χ1n) is 20.9. The SMILES string of the molecule is CC1(C)c2ccccc2-c2ccc(N(c3ccc(-c4ccccc4)cc3)c3ccc(-c4ccc5c(c4)c4cc6c(cc4n5-c4ccccc4)Oc4ccccc4O6)cc3)cc21. The number of benzene rings is 9. The third-order valence-corrected chi connectivity index (χ3v) is 12.7. The highest BCUT2D eigenvalue weighted by molar-refractivity contribution is 6.11. The van der Waals surface area contributed by atoms with Crippen molar-refractivity contribution in [2.45, 2.75) is 19.3 Å². The number of hydrogen-bond donors (Lipinski definition) is 0. The Kier molecular flexibility index (Phi) is 7.85. The molecule has 0 saturated heterocycles. The predicted molar refractivity (Wildman–Crippen MR) is 250 cm³/mol. The Morgan fingerprint density at radius 2 is 0.902 bits per heavy atom. The van der Waals surface area contributed by atoms with Gasteiger partial charge in [-0.15, -0.1) is 0 Å². The molecule has 2 aliphatic rings. The van der Waals surface area contributed by atoms with Crippen LogP contribution in [0.15, 0.2) is 206 Å². The smallest absolute Gasteiger partial charge is 0.172 e. The van der Waals surface area contributed by atoms with Gasteiger partial charge in [-0.05, 0) is 123 Å². The van der Waals surface area contributed by atoms with Gasteiger partial charge in [0.15, 0.2) is 23.0 Å². The van der Waals surface area contributed by atoms with E-state index in [1.165, 1.54) is 33.4 Å². The molecule has 0 saturated carbocycles. The van der Waals surface area contributed by atoms with E-state index in [9.17, 15) is 0 Å². The zero-order valence-corrected chi connectivity index (χ0v) is 33.8. The van der Waals surface area contributed by atoms with Gasteiger partial charge in [0.2, 0.25) is 0 Å². The molecule has 290 valence electrons. The van der Waals surface area contributed by atoms with Crippen LogP contribution in [-0.2, 0) is 5.41 Å². The molecular weight excluding hydrogens is 745 g/mol. The lowest BCUT2D eigenvalue weighted by molar-refractivity contribution is 0.360. The van der Waals surface area contributed by atoms with Crippen LogP contribution in [0.3, 0.4) is 0 Å². The Hall–Kier alpha value is -7.82. The van der Waals surface area contributed by atoms with Crippen molar-refractivity contribution in [1.82, 2.24) is 4.57 Å². The molecule has 0 spiro atoms. The number of para-hydroxylation sites is 3. The van der Waals surface area contributed by atoms with E-state index in [0.29, 0.717) is 11.5 Å². The Balaban J connectivity index is 0.963. The highest BCUT2D eigenvalue weighted by Crippen LogP contribution is 2.52. The number of hydrogen-bond acceptors (Lipinski definition) is 3. The minimum Gasteiger partial charge on any atom is -0.449 e. The lowest BCUT2D eigenvalue weighted by Gasteiger charge is -2.28. The second-order valence-electron chi connectivity index (χ2n) is 16.6. The van der Waals surface area contributed by atoms with Crippen molar-refractivity contribution in [1.29, 1.82) is 0 Å². The van der Waals surface area contributed by atoms with Gasteiger partial charge in [-0.25, -0.2) is 0 Å². The zero-order valence-electron chi connectivity index (χ0n) is 33.8. The van der Waals surface area contributed by atoms with Crippen molar-refractivity contribution in [3.05, 3.63) is 217 Å². The van der Waals surface area contributed by atoms with E-state index in [1.807, 2.05) is 24.3 Å². The molecule has 10 aromatic rings. The largest absolute Gasteiger partial charge is 0.449 e. The Labute approximate surface area is 355 Å². The van der Waals surface area contributed by atoms with Gasteiger partial charge in [-0.3, -0.25) is 0 Å². The van der Waals surface area contributed by atoms with Crippen molar-refractivity contribution in [2.75, 3.05) is 4.90 Å². The third kappa shape index (κ3) is 5.67. The quantitative estimate of drug-likeness (QED) is 0.168. The van der Waals surface area contributed by atoms with Gasteiger partial charge in [0.25, 0.3) is 0 Å². The lowest BCUT2D eigenvalue weighted by atomic mass is 9.82. The number of rotatable bonds is 6. The number of anilines is 3. The lowest BCUT2D eigenvalue weighted by Crippen LogP contribution is -2.16. The molecule has 9 aromatic carbocycles. The molecule has 4 nitrogen and oxygen atoms in total. The summed E-state index contributed by atoms with van der Waals surface area (Å²) in [4.78, 5) is 2.39. The maximum absolute atomic E-state index is 6.42. The number of ether oxygens (including phenoxy) is 2. The van der Waals surface area contributed by atoms with Crippen LogP contribution in [0.25, 0.3) is 60.9 Å². The van der Waals surface area contributed by atoms with Gasteiger partial charge in [-0.1, -0.05) is 135 Å². The second-order valence-corrected chi connectivity index (χ2v) is 16.6. The molecular formula is C57H40N2O2. The molecule has 1 aliphatic carbocycles. The number of aromatic nitrogens is 1. The number of nitrogens with zero attached hydrogens (tertiary/aromatic N) is 2. The summed E-state index contributed by atoms with van der Waals surface area (Å²) in [6.45, 7) is 4.69. The highest BCUT2D eigenvalue weighted by Gasteiger charge is 2.35. The van der Waals surface area contributed by atoms with E-state index < -0.39 is 0 Å². The number of fused-ring (bicyclic) bond motifs is 8. The second kappa shape index (κ2) is 13.6. The minimum atomic E-state index is -0.111. The third-order valence-electron chi connectivity index (χ3n) is 12.7. The fourth-order valence-corrected chi connectivity index (χ4v) is 9.59. The molecule has 1 aromatic heterocycles. The molecule has 0 unspecified atom stereocenters. The maximum Gasteiger partial charge on any atom is 0.172 e. The van der Waals surface area contributed by atoms with Crippen molar-refractivity contribution < 1.29 is 9.47 Å². The van der Waals surface area contributed by atoms with E-state index in [-0.39, 0.29) is 5.41 Å². The van der Waals surface area contributed by atoms with Gasteiger partial charge in [0.1, 0.15) is 0 Å². The summed E-state index contributed by atoms with van der Waals surface area (Å²) in [5.74, 6) is 2.86. The fourth-order valence-electron chi connectivity index (χ4n) is 9.59. The Morgan fingerprint density at radius 3 is 1.61 bits per heavy atom. The van der Waals surface area contributed by atoms with E-state index >= 15 is 0 Å². The average Bonchev–Trinajstić information content (AvgIpc) is 3.75. The predicted octanol–water partition coefficient (Wildman–Crippen LogP) is 15.8. The van der Waals surface area contributed by atoms with Gasteiger partial charge < -0.3 is 18.9 Å². The Bertz CT molecular complexity index is 3310. The Morgan fingerprint density at radius 1 is 0.377 bits per heavy atom. The zero-order chi connectivity index (χ0) is 40.7. The van der Waals surface area contributed by atoms with Crippen molar-refractivity contribution in [2.24, 2.45) is 0 Å². The average molecular weight is 785 g/mol. The van der Waals surface area contributed by atoms with Crippen molar-refractivity contribution >= 4 is 38.9 Å². The monoisotopic (exact) mass is 784 g/mol. The van der Waals surface area contributed by atoms with Crippen LogP contribution in [-0.4, -0.2) is 4.57 Å². The van der Waals surface area contributed by atoms with Crippen LogP contribution in [0.4, 0.5) is 17.1 Å². The van der Waals surface area contributed by atoms with Gasteiger partial charge in [-0.2, -0.15) is 0 Å². The summed E-state index contributed by atoms with van der Waals surface area (Å²) in [5.41, 5.74) is 16.5. The van der Waals surface area contributed by atoms with Crippen molar-refractivity contribution in [3.63, 3.8) is 0 Å². The molecule has 0 fully saturated rings. The van der Waals surface area contributed by atoms with Gasteiger partial charge in [0, 0.05) is 45.0 Å². The standard InChI is InChI=1S/C57H40N2O2/c1-57(2)49-18-10-9-17-45(49)46-31-30-44(34-50(46)57)58(42-26-21-38(22-27-42)37-13-5-3-6-14-37)43-28-23-39(24-29-43)40-25-32-51-47(33-40)48-35-55-56(61-54-20-12-11-19-53(54)60-55)36-52(48)59(51)41-15-7-4-8-16-41/h3-36H,1-2H3. The molecule has 0 atom stereocenters. The molecule has 0 bridgehead atoms. The molecule has 1 aliphatic heterocycles. The molecule has 12 rings (SSSR count). The summed E-state index contributed by atoms with van der Waals surface area (Å²) < 4.78 is 15.1. The minimum absolute atomic E-state index is 0.111. The van der Waals surface area contributed by atoms with Crippen LogP contribution in [0.1, 0.15) is 25.0 Å². The van der Waals surface area contributed by atoms with E-state index in [1.54, 1.807) is 0 Å². The van der Waals surface area contributed by atoms with E-state index in [2.05, 4.69) is 205 Å². The van der Waals surface area contributed by atoms with Crippen LogP contribution in [0, 0.1) is 0 Å². The van der Waals surface area contributed by atoms with E-state index in [4.69, 9.17) is 9.47 Å². The van der Waals surface area contributed by atoms with E-state index in [0.717, 1.165) is 67.2 Å². The topological polar surface area (TPSA) is 26.6 Å². The summed E-state index contributed by atoms with van der Waals surface area (Å²) in [6.07, 6.45) is 0. The molecule has 0 amide bonds. The van der Waals surface area contributed by atoms with Crippen LogP contribution < -0.4 is 14.4 Å². The normalized spacial score (nSPS) is 13.1.